The van der Waals surface area contributed by atoms with Crippen LogP contribution in [-0.4, -0.2) is 4.57 Å². The van der Waals surface area contributed by atoms with Gasteiger partial charge < -0.3 is 4.57 Å². The van der Waals surface area contributed by atoms with Crippen LogP contribution in [0.25, 0.3) is 27.5 Å². The molecule has 3 aromatic carbocycles. The van der Waals surface area contributed by atoms with Crippen LogP contribution >= 0.6 is 15.9 Å². The summed E-state index contributed by atoms with van der Waals surface area (Å²) in [5, 5.41) is 0.410. The first-order chi connectivity index (χ1) is 12.8. The van der Waals surface area contributed by atoms with Crippen LogP contribution in [0.3, 0.4) is 0 Å². The average molecular weight is 329 g/mol. The number of para-hydroxylation sites is 2. The minimum atomic E-state index is -0.392. The van der Waals surface area contributed by atoms with Crippen LogP contribution < -0.4 is 0 Å². The number of halogens is 1. The van der Waals surface area contributed by atoms with Crippen molar-refractivity contribution in [3.05, 3.63) is 77.1 Å². The van der Waals surface area contributed by atoms with E-state index in [0.717, 1.165) is 0 Å². The number of fused-ring (bicyclic) bond motifs is 3. The van der Waals surface area contributed by atoms with Crippen molar-refractivity contribution < 1.29 is 9.60 Å². The van der Waals surface area contributed by atoms with Crippen molar-refractivity contribution in [2.45, 2.75) is 0 Å². The normalized spacial score (nSPS) is 16.1. The fourth-order valence-corrected chi connectivity index (χ4v) is 2.62. The summed E-state index contributed by atoms with van der Waals surface area (Å²) in [5.74, 6) is 0. The van der Waals surface area contributed by atoms with E-state index in [0.29, 0.717) is 5.69 Å². The molecule has 1 heterocycles. The van der Waals surface area contributed by atoms with Crippen molar-refractivity contribution in [3.63, 3.8) is 0 Å². The monoisotopic (exact) mass is 328 g/mol. The summed E-state index contributed by atoms with van der Waals surface area (Å²) >= 11 is 3.18. The molecule has 0 saturated carbocycles. The number of aromatic nitrogens is 1. The highest BCUT2D eigenvalue weighted by Gasteiger charge is 2.11. The molecular weight excluding hydrogens is 310 g/mol. The van der Waals surface area contributed by atoms with Gasteiger partial charge in [-0.15, -0.1) is 0 Å². The zero-order chi connectivity index (χ0) is 19.6. The fraction of sp³-hybridized carbons (Fsp3) is 0. The zero-order valence-corrected chi connectivity index (χ0v) is 11.8. The third-order valence-electron chi connectivity index (χ3n) is 3.14. The second-order valence-corrected chi connectivity index (χ2v) is 5.10. The maximum atomic E-state index is 8.46. The Morgan fingerprint density at radius 2 is 1.60 bits per heavy atom. The summed E-state index contributed by atoms with van der Waals surface area (Å²) in [6.45, 7) is 0. The Bertz CT molecular complexity index is 1170. The van der Waals surface area contributed by atoms with Gasteiger partial charge in [0.2, 0.25) is 0 Å². The highest BCUT2D eigenvalue weighted by atomic mass is 79.9. The van der Waals surface area contributed by atoms with Gasteiger partial charge in [-0.25, -0.2) is 0 Å². The maximum Gasteiger partial charge on any atom is 0.0646 e. The summed E-state index contributed by atoms with van der Waals surface area (Å²) < 4.78 is 59.6. The smallest absolute Gasteiger partial charge is 0.0646 e. The van der Waals surface area contributed by atoms with Crippen LogP contribution in [0, 0.1) is 0 Å². The first-order valence-corrected chi connectivity index (χ1v) is 6.81. The fourth-order valence-electron chi connectivity index (χ4n) is 2.33. The molecule has 4 rings (SSSR count). The predicted octanol–water partition coefficient (Wildman–Crippen LogP) is 5.55. The molecule has 0 aliphatic heterocycles. The van der Waals surface area contributed by atoms with Crippen LogP contribution in [-0.2, 0) is 0 Å². The molecule has 0 atom stereocenters. The zero-order valence-electron chi connectivity index (χ0n) is 17.2. The van der Waals surface area contributed by atoms with E-state index in [2.05, 4.69) is 15.9 Å². The van der Waals surface area contributed by atoms with E-state index >= 15 is 0 Å². The van der Waals surface area contributed by atoms with E-state index in [1.165, 1.54) is 0 Å². The molecule has 0 saturated heterocycles. The Balaban J connectivity index is 2.45. The predicted molar refractivity (Wildman–Crippen MR) is 88.5 cm³/mol. The standard InChI is InChI=1S/C18H12BrN/c19-13-10-11-18-16(12-13)15-8-4-5-9-17(15)20(18)14-6-2-1-3-7-14/h1-12H/i4D,5D,8D,9D,10D,11D,12D. The van der Waals surface area contributed by atoms with Gasteiger partial charge in [-0.2, -0.15) is 0 Å². The average Bonchev–Trinajstić information content (AvgIpc) is 3.04. The van der Waals surface area contributed by atoms with Gasteiger partial charge in [0, 0.05) is 20.9 Å². The van der Waals surface area contributed by atoms with Crippen LogP contribution in [0.2, 0.25) is 0 Å². The van der Waals surface area contributed by atoms with Crippen molar-refractivity contribution >= 4 is 37.7 Å². The quantitative estimate of drug-likeness (QED) is 0.432. The first kappa shape index (κ1) is 6.59. The number of rotatable bonds is 1. The van der Waals surface area contributed by atoms with Crippen molar-refractivity contribution in [2.24, 2.45) is 0 Å². The summed E-state index contributed by atoms with van der Waals surface area (Å²) in [6.07, 6.45) is 0. The molecule has 0 fully saturated rings. The van der Waals surface area contributed by atoms with Crippen molar-refractivity contribution in [1.29, 1.82) is 0 Å². The molecular formula is C18H12BrN. The maximum absolute atomic E-state index is 8.46. The van der Waals surface area contributed by atoms with Crippen molar-refractivity contribution in [1.82, 2.24) is 4.57 Å². The third-order valence-corrected chi connectivity index (χ3v) is 3.54. The molecule has 0 aliphatic rings. The van der Waals surface area contributed by atoms with E-state index in [1.54, 1.807) is 28.8 Å². The van der Waals surface area contributed by atoms with E-state index < -0.39 is 6.04 Å². The number of nitrogens with zero attached hydrogens (tertiary/aromatic N) is 1. The SMILES string of the molecule is [2H]c1c([2H])c([2H])c2c(c1[2H])c1c([2H])c(Br)c([2H])c([2H])c1n2-c1ccccc1. The van der Waals surface area contributed by atoms with Gasteiger partial charge in [-0.3, -0.25) is 0 Å². The lowest BCUT2D eigenvalue weighted by Crippen LogP contribution is -1.92. The Morgan fingerprint density at radius 3 is 2.45 bits per heavy atom. The molecule has 20 heavy (non-hydrogen) atoms. The number of benzene rings is 3. The molecule has 0 N–H and O–H groups in total. The minimum absolute atomic E-state index is 0.0734. The summed E-state index contributed by atoms with van der Waals surface area (Å²) in [5.41, 5.74) is 1.01. The second-order valence-electron chi connectivity index (χ2n) is 4.31. The van der Waals surface area contributed by atoms with E-state index in [-0.39, 0.29) is 62.5 Å². The van der Waals surface area contributed by atoms with Crippen LogP contribution in [0.15, 0.2) is 77.1 Å². The van der Waals surface area contributed by atoms with Crippen molar-refractivity contribution in [3.8, 4) is 5.69 Å². The Hall–Kier alpha value is -2.06. The molecule has 0 aliphatic carbocycles. The lowest BCUT2D eigenvalue weighted by molar-refractivity contribution is 1.18. The molecule has 2 heteroatoms. The molecule has 0 radical (unpaired) electrons. The highest BCUT2D eigenvalue weighted by Crippen LogP contribution is 2.33. The molecule has 96 valence electrons. The largest absolute Gasteiger partial charge is 0.309 e. The minimum Gasteiger partial charge on any atom is -0.309 e. The first-order valence-electron chi connectivity index (χ1n) is 9.52. The lowest BCUT2D eigenvalue weighted by Gasteiger charge is -2.07. The van der Waals surface area contributed by atoms with Gasteiger partial charge in [0.1, 0.15) is 0 Å². The third kappa shape index (κ3) is 1.69. The van der Waals surface area contributed by atoms with Gasteiger partial charge in [0.25, 0.3) is 0 Å². The molecule has 1 aromatic heterocycles. The number of hydrogen-bond donors (Lipinski definition) is 0. The Morgan fingerprint density at radius 1 is 0.850 bits per heavy atom. The van der Waals surface area contributed by atoms with E-state index in [9.17, 15) is 0 Å². The topological polar surface area (TPSA) is 4.93 Å². The summed E-state index contributed by atoms with van der Waals surface area (Å²) in [4.78, 5) is 0. The van der Waals surface area contributed by atoms with Gasteiger partial charge >= 0.3 is 0 Å². The summed E-state index contributed by atoms with van der Waals surface area (Å²) in [7, 11) is 0. The summed E-state index contributed by atoms with van der Waals surface area (Å²) in [6, 6.07) is 7.24. The molecule has 1 nitrogen and oxygen atoms in total. The van der Waals surface area contributed by atoms with Crippen LogP contribution in [0.5, 0.6) is 0 Å². The molecule has 4 aromatic rings. The van der Waals surface area contributed by atoms with E-state index in [4.69, 9.17) is 9.60 Å². The van der Waals surface area contributed by atoms with Gasteiger partial charge in [-0.05, 0) is 36.3 Å². The molecule has 0 unspecified atom stereocenters. The Labute approximate surface area is 135 Å². The van der Waals surface area contributed by atoms with Crippen LogP contribution in [0.4, 0.5) is 0 Å². The Kier molecular flexibility index (Phi) is 1.48. The van der Waals surface area contributed by atoms with Crippen LogP contribution in [0.1, 0.15) is 9.60 Å². The lowest BCUT2D eigenvalue weighted by atomic mass is 10.2. The highest BCUT2D eigenvalue weighted by molar-refractivity contribution is 9.10. The van der Waals surface area contributed by atoms with Crippen molar-refractivity contribution in [2.75, 3.05) is 0 Å². The number of hydrogen-bond acceptors (Lipinski definition) is 0. The second kappa shape index (κ2) is 4.50. The van der Waals surface area contributed by atoms with E-state index in [1.807, 2.05) is 6.07 Å². The molecule has 0 spiro atoms. The van der Waals surface area contributed by atoms with Gasteiger partial charge in [0.15, 0.2) is 0 Å². The van der Waals surface area contributed by atoms with Gasteiger partial charge in [-0.1, -0.05) is 52.3 Å². The molecule has 0 bridgehead atoms. The molecule has 0 amide bonds. The van der Waals surface area contributed by atoms with Gasteiger partial charge in [0.05, 0.1) is 20.6 Å².